The van der Waals surface area contributed by atoms with Crippen LogP contribution in [-0.4, -0.2) is 26.6 Å². The zero-order valence-corrected chi connectivity index (χ0v) is 16.9. The molecule has 8 heteroatoms. The molecular formula is C20H23N5O2S. The summed E-state index contributed by atoms with van der Waals surface area (Å²) < 4.78 is 5.42. The Labute approximate surface area is 168 Å². The molecule has 1 amide bonds. The van der Waals surface area contributed by atoms with Crippen LogP contribution >= 0.6 is 11.3 Å². The lowest BCUT2D eigenvalue weighted by atomic mass is 10.0. The van der Waals surface area contributed by atoms with E-state index in [1.807, 2.05) is 56.5 Å². The number of alkyl carbamates (subject to hydrolysis) is 1. The predicted octanol–water partition coefficient (Wildman–Crippen LogP) is 4.49. The van der Waals surface area contributed by atoms with Crippen LogP contribution < -0.4 is 10.6 Å². The van der Waals surface area contributed by atoms with Crippen LogP contribution in [0.3, 0.4) is 0 Å². The maximum atomic E-state index is 12.3. The van der Waals surface area contributed by atoms with Gasteiger partial charge in [0.1, 0.15) is 5.60 Å². The van der Waals surface area contributed by atoms with E-state index in [0.717, 1.165) is 11.3 Å². The number of anilines is 2. The summed E-state index contributed by atoms with van der Waals surface area (Å²) >= 11 is 1.43. The zero-order chi connectivity index (χ0) is 20.0. The number of rotatable bonds is 6. The summed E-state index contributed by atoms with van der Waals surface area (Å²) in [6, 6.07) is 11.4. The molecular weight excluding hydrogens is 374 g/mol. The lowest BCUT2D eigenvalue weighted by Gasteiger charge is -2.23. The summed E-state index contributed by atoms with van der Waals surface area (Å²) in [7, 11) is 0. The van der Waals surface area contributed by atoms with Crippen LogP contribution in [0.15, 0.2) is 54.2 Å². The van der Waals surface area contributed by atoms with E-state index in [9.17, 15) is 4.79 Å². The molecule has 3 aromatic rings. The van der Waals surface area contributed by atoms with Gasteiger partial charge in [0.05, 0.1) is 11.7 Å². The van der Waals surface area contributed by atoms with E-state index in [2.05, 4.69) is 25.6 Å². The van der Waals surface area contributed by atoms with Crippen molar-refractivity contribution in [2.75, 3.05) is 5.32 Å². The molecule has 0 aliphatic carbocycles. The molecule has 2 heterocycles. The van der Waals surface area contributed by atoms with Crippen molar-refractivity contribution in [2.45, 2.75) is 38.8 Å². The Hall–Kier alpha value is -3.00. The molecule has 28 heavy (non-hydrogen) atoms. The number of amides is 1. The van der Waals surface area contributed by atoms with E-state index in [1.165, 1.54) is 11.3 Å². The second kappa shape index (κ2) is 8.79. The van der Waals surface area contributed by atoms with Crippen LogP contribution in [0.4, 0.5) is 15.9 Å². The average Bonchev–Trinajstić information content (AvgIpc) is 3.10. The number of nitrogens with one attached hydrogen (secondary N) is 2. The fourth-order valence-corrected chi connectivity index (χ4v) is 3.25. The third-order valence-corrected chi connectivity index (χ3v) is 4.41. The topological polar surface area (TPSA) is 89.0 Å². The molecule has 0 bridgehead atoms. The maximum absolute atomic E-state index is 12.3. The first-order valence-electron chi connectivity index (χ1n) is 8.92. The SMILES string of the molecule is CC(C)(C)OC(=O)N[C@@H](Cc1ccccc1)c1csc(Nc2ncccn2)n1. The quantitative estimate of drug-likeness (QED) is 0.637. The molecule has 0 fully saturated rings. The third kappa shape index (κ3) is 6.02. The highest BCUT2D eigenvalue weighted by atomic mass is 32.1. The van der Waals surface area contributed by atoms with Crippen LogP contribution in [0.25, 0.3) is 0 Å². The molecule has 0 spiro atoms. The first-order chi connectivity index (χ1) is 13.4. The predicted molar refractivity (Wildman–Crippen MR) is 110 cm³/mol. The number of carbonyl (C=O) groups excluding carboxylic acids is 1. The highest BCUT2D eigenvalue weighted by Crippen LogP contribution is 2.25. The highest BCUT2D eigenvalue weighted by Gasteiger charge is 2.23. The number of thiazole rings is 1. The average molecular weight is 398 g/mol. The minimum atomic E-state index is -0.569. The van der Waals surface area contributed by atoms with Gasteiger partial charge in [-0.1, -0.05) is 30.3 Å². The number of hydrogen-bond acceptors (Lipinski definition) is 7. The van der Waals surface area contributed by atoms with Gasteiger partial charge >= 0.3 is 6.09 Å². The first kappa shape index (κ1) is 19.8. The Balaban J connectivity index is 1.77. The van der Waals surface area contributed by atoms with E-state index in [0.29, 0.717) is 17.5 Å². The van der Waals surface area contributed by atoms with Gasteiger partial charge in [-0.05, 0) is 38.8 Å². The zero-order valence-electron chi connectivity index (χ0n) is 16.0. The van der Waals surface area contributed by atoms with E-state index in [-0.39, 0.29) is 6.04 Å². The summed E-state index contributed by atoms with van der Waals surface area (Å²) in [6.45, 7) is 5.51. The molecule has 0 radical (unpaired) electrons. The Bertz CT molecular complexity index is 894. The van der Waals surface area contributed by atoms with Crippen molar-refractivity contribution < 1.29 is 9.53 Å². The number of carbonyl (C=O) groups is 1. The van der Waals surface area contributed by atoms with Gasteiger partial charge < -0.3 is 15.4 Å². The van der Waals surface area contributed by atoms with Crippen molar-refractivity contribution in [1.29, 1.82) is 0 Å². The van der Waals surface area contributed by atoms with Crippen LogP contribution in [0.1, 0.15) is 38.1 Å². The normalized spacial score (nSPS) is 12.2. The van der Waals surface area contributed by atoms with Gasteiger partial charge in [-0.2, -0.15) is 0 Å². The van der Waals surface area contributed by atoms with Crippen LogP contribution in [0.5, 0.6) is 0 Å². The molecule has 0 unspecified atom stereocenters. The fourth-order valence-electron chi connectivity index (χ4n) is 2.49. The number of nitrogens with zero attached hydrogens (tertiary/aromatic N) is 3. The van der Waals surface area contributed by atoms with E-state index >= 15 is 0 Å². The molecule has 1 aromatic carbocycles. The fraction of sp³-hybridized carbons (Fsp3) is 0.300. The van der Waals surface area contributed by atoms with Gasteiger partial charge in [0.15, 0.2) is 5.13 Å². The smallest absolute Gasteiger partial charge is 0.408 e. The number of hydrogen-bond donors (Lipinski definition) is 2. The summed E-state index contributed by atoms with van der Waals surface area (Å²) in [5.74, 6) is 0.475. The molecule has 2 N–H and O–H groups in total. The standard InChI is InChI=1S/C20H23N5O2S/c1-20(2,3)27-19(26)24-15(12-14-8-5-4-6-9-14)16-13-28-18(23-16)25-17-21-10-7-11-22-17/h4-11,13,15H,12H2,1-3H3,(H,24,26)(H,21,22,23,25)/t15-/m0/s1. The molecule has 0 saturated carbocycles. The Morgan fingerprint density at radius 3 is 2.54 bits per heavy atom. The van der Waals surface area contributed by atoms with Crippen molar-refractivity contribution in [3.05, 3.63) is 65.4 Å². The van der Waals surface area contributed by atoms with Crippen LogP contribution in [-0.2, 0) is 11.2 Å². The summed E-state index contributed by atoms with van der Waals surface area (Å²) in [5, 5.41) is 8.59. The number of aromatic nitrogens is 3. The summed E-state index contributed by atoms with van der Waals surface area (Å²) in [5.41, 5.74) is 1.27. The Kier molecular flexibility index (Phi) is 6.20. The number of benzene rings is 1. The molecule has 0 saturated heterocycles. The van der Waals surface area contributed by atoms with Crippen molar-refractivity contribution in [3.8, 4) is 0 Å². The molecule has 0 aliphatic heterocycles. The van der Waals surface area contributed by atoms with Gasteiger partial charge in [-0.15, -0.1) is 11.3 Å². The van der Waals surface area contributed by atoms with Crippen molar-refractivity contribution >= 4 is 28.5 Å². The molecule has 0 aliphatic rings. The molecule has 3 rings (SSSR count). The second-order valence-corrected chi connectivity index (χ2v) is 8.02. The van der Waals surface area contributed by atoms with Crippen molar-refractivity contribution in [1.82, 2.24) is 20.3 Å². The minimum Gasteiger partial charge on any atom is -0.444 e. The third-order valence-electron chi connectivity index (χ3n) is 3.64. The van der Waals surface area contributed by atoms with E-state index in [4.69, 9.17) is 4.74 Å². The van der Waals surface area contributed by atoms with E-state index in [1.54, 1.807) is 18.5 Å². The highest BCUT2D eigenvalue weighted by molar-refractivity contribution is 7.13. The van der Waals surface area contributed by atoms with Gasteiger partial charge in [0.2, 0.25) is 5.95 Å². The minimum absolute atomic E-state index is 0.319. The largest absolute Gasteiger partial charge is 0.444 e. The lowest BCUT2D eigenvalue weighted by Crippen LogP contribution is -2.35. The molecule has 146 valence electrons. The molecule has 7 nitrogen and oxygen atoms in total. The monoisotopic (exact) mass is 397 g/mol. The van der Waals surface area contributed by atoms with Gasteiger partial charge in [-0.25, -0.2) is 19.7 Å². The summed E-state index contributed by atoms with van der Waals surface area (Å²) in [4.78, 5) is 25.2. The van der Waals surface area contributed by atoms with Crippen LogP contribution in [0.2, 0.25) is 0 Å². The molecule has 1 atom stereocenters. The maximum Gasteiger partial charge on any atom is 0.408 e. The molecule has 2 aromatic heterocycles. The van der Waals surface area contributed by atoms with Gasteiger partial charge in [-0.3, -0.25) is 0 Å². The Morgan fingerprint density at radius 1 is 1.14 bits per heavy atom. The number of ether oxygens (including phenoxy) is 1. The van der Waals surface area contributed by atoms with Crippen molar-refractivity contribution in [3.63, 3.8) is 0 Å². The van der Waals surface area contributed by atoms with Gasteiger partial charge in [0.25, 0.3) is 0 Å². The summed E-state index contributed by atoms with van der Waals surface area (Å²) in [6.07, 6.45) is 3.45. The van der Waals surface area contributed by atoms with Crippen LogP contribution in [0, 0.1) is 0 Å². The van der Waals surface area contributed by atoms with Gasteiger partial charge in [0, 0.05) is 17.8 Å². The Morgan fingerprint density at radius 2 is 1.86 bits per heavy atom. The van der Waals surface area contributed by atoms with Crippen molar-refractivity contribution in [2.24, 2.45) is 0 Å². The lowest BCUT2D eigenvalue weighted by molar-refractivity contribution is 0.0502. The van der Waals surface area contributed by atoms with E-state index < -0.39 is 11.7 Å². The second-order valence-electron chi connectivity index (χ2n) is 7.16. The first-order valence-corrected chi connectivity index (χ1v) is 9.80.